The topological polar surface area (TPSA) is 197 Å². The fraction of sp³-hybridized carbons (Fsp3) is 0.349. The Labute approximate surface area is 354 Å². The van der Waals surface area contributed by atoms with Crippen molar-refractivity contribution in [1.82, 2.24) is 19.9 Å². The summed E-state index contributed by atoms with van der Waals surface area (Å²) in [5, 5.41) is 9.77. The molecule has 0 saturated carbocycles. The third kappa shape index (κ3) is 13.2. The van der Waals surface area contributed by atoms with Gasteiger partial charge in [0.15, 0.2) is 15.5 Å². The summed E-state index contributed by atoms with van der Waals surface area (Å²) >= 11 is 0. The lowest BCUT2D eigenvalue weighted by atomic mass is 10.1. The number of hydrogen-bond acceptors (Lipinski definition) is 12. The minimum absolute atomic E-state index is 0.00135. The number of ether oxygens (including phenoxy) is 4. The average molecular weight is 863 g/mol. The van der Waals surface area contributed by atoms with Crippen LogP contribution in [0.5, 0.6) is 5.75 Å². The summed E-state index contributed by atoms with van der Waals surface area (Å²) in [5.74, 6) is -1.86. The maximum Gasteiger partial charge on any atom is 0.424 e. The van der Waals surface area contributed by atoms with E-state index in [0.29, 0.717) is 22.5 Å². The molecule has 0 radical (unpaired) electrons. The molecule has 5 aromatic rings. The van der Waals surface area contributed by atoms with Crippen LogP contribution in [-0.2, 0) is 40.1 Å². The number of esters is 1. The second-order valence-electron chi connectivity index (χ2n) is 15.3. The number of pyridine rings is 1. The van der Waals surface area contributed by atoms with Crippen LogP contribution in [0.2, 0.25) is 0 Å². The summed E-state index contributed by atoms with van der Waals surface area (Å²) in [6.45, 7) is 13.3. The number of amides is 3. The number of methoxy groups -OCH3 is 1. The maximum atomic E-state index is 14.0. The number of nitrogens with one attached hydrogen (secondary N) is 2. The van der Waals surface area contributed by atoms with Crippen LogP contribution < -0.4 is 20.3 Å². The molecule has 0 spiro atoms. The highest BCUT2D eigenvalue weighted by molar-refractivity contribution is 7.90. The van der Waals surface area contributed by atoms with Crippen molar-refractivity contribution in [1.29, 1.82) is 0 Å². The number of fused-ring (bicyclic) bond motifs is 1. The quantitative estimate of drug-likeness (QED) is 0.0907. The van der Waals surface area contributed by atoms with E-state index in [4.69, 9.17) is 18.9 Å². The van der Waals surface area contributed by atoms with E-state index in [1.807, 2.05) is 0 Å². The Morgan fingerprint density at radius 2 is 1.51 bits per heavy atom. The number of carbonyl (C=O) groups excluding carboxylic acids is 4. The van der Waals surface area contributed by atoms with Crippen LogP contribution in [0.4, 0.5) is 31.3 Å². The van der Waals surface area contributed by atoms with Gasteiger partial charge in [-0.05, 0) is 94.3 Å². The molecule has 0 aliphatic rings. The number of benzene rings is 3. The number of hydrogen-bond donors (Lipinski definition) is 2. The second kappa shape index (κ2) is 19.7. The van der Waals surface area contributed by atoms with Crippen molar-refractivity contribution in [3.63, 3.8) is 0 Å². The fourth-order valence-corrected chi connectivity index (χ4v) is 6.00. The number of alkyl carbamates (subject to hydrolysis) is 1. The second-order valence-corrected chi connectivity index (χ2v) is 17.3. The molecule has 3 aromatic carbocycles. The number of nitrogens with zero attached hydrogens (tertiary/aromatic N) is 4. The van der Waals surface area contributed by atoms with E-state index in [0.717, 1.165) is 16.7 Å². The van der Waals surface area contributed by atoms with Crippen LogP contribution in [0.15, 0.2) is 90.0 Å². The molecule has 16 nitrogen and oxygen atoms in total. The number of sulfone groups is 1. The zero-order chi connectivity index (χ0) is 45.3. The van der Waals surface area contributed by atoms with Crippen LogP contribution in [0, 0.1) is 5.82 Å². The molecule has 326 valence electrons. The number of aromatic nitrogens is 3. The van der Waals surface area contributed by atoms with Crippen LogP contribution >= 0.6 is 0 Å². The Kier molecular flexibility index (Phi) is 15.2. The van der Waals surface area contributed by atoms with E-state index < -0.39 is 45.4 Å². The average Bonchev–Trinajstić information content (AvgIpc) is 3.58. The van der Waals surface area contributed by atoms with E-state index in [-0.39, 0.29) is 40.4 Å². The predicted octanol–water partition coefficient (Wildman–Crippen LogP) is 8.01. The third-order valence-electron chi connectivity index (χ3n) is 8.17. The van der Waals surface area contributed by atoms with Crippen LogP contribution in [0.3, 0.4) is 0 Å². The molecule has 0 aliphatic heterocycles. The van der Waals surface area contributed by atoms with Gasteiger partial charge in [-0.3, -0.25) is 4.79 Å². The van der Waals surface area contributed by atoms with Crippen molar-refractivity contribution in [2.24, 2.45) is 0 Å². The Morgan fingerprint density at radius 1 is 0.885 bits per heavy atom. The molecule has 5 rings (SSSR count). The Hall–Kier alpha value is -6.56. The molecule has 1 atom stereocenters. The van der Waals surface area contributed by atoms with E-state index in [2.05, 4.69) is 34.6 Å². The zero-order valence-electron chi connectivity index (χ0n) is 35.7. The zero-order valence-corrected chi connectivity index (χ0v) is 36.5. The normalized spacial score (nSPS) is 12.0. The molecule has 2 aromatic heterocycles. The Balaban J connectivity index is 0.00000265. The fourth-order valence-electron chi connectivity index (χ4n) is 5.36. The first-order chi connectivity index (χ1) is 28.5. The molecule has 2 N–H and O–H groups in total. The summed E-state index contributed by atoms with van der Waals surface area (Å²) in [5.41, 5.74) is 0.552. The highest BCUT2D eigenvalue weighted by atomic mass is 32.2. The molecule has 3 amide bonds. The molecule has 0 aliphatic carbocycles. The summed E-state index contributed by atoms with van der Waals surface area (Å²) in [7, 11) is -2.40. The highest BCUT2D eigenvalue weighted by Crippen LogP contribution is 2.36. The predicted molar refractivity (Wildman–Crippen MR) is 227 cm³/mol. The van der Waals surface area contributed by atoms with Gasteiger partial charge in [0, 0.05) is 36.7 Å². The van der Waals surface area contributed by atoms with Crippen molar-refractivity contribution in [3.8, 4) is 16.9 Å². The molecular weight excluding hydrogens is 812 g/mol. The number of rotatable bonds is 12. The van der Waals surface area contributed by atoms with Crippen molar-refractivity contribution in [3.05, 3.63) is 96.4 Å². The lowest BCUT2D eigenvalue weighted by Gasteiger charge is -2.28. The van der Waals surface area contributed by atoms with Gasteiger partial charge >= 0.3 is 18.2 Å². The lowest BCUT2D eigenvalue weighted by molar-refractivity contribution is -0.171. The minimum atomic E-state index is -3.68. The van der Waals surface area contributed by atoms with Gasteiger partial charge in [-0.25, -0.2) is 36.6 Å². The van der Waals surface area contributed by atoms with Gasteiger partial charge in [0.1, 0.15) is 22.7 Å². The molecule has 2 heterocycles. The van der Waals surface area contributed by atoms with Crippen molar-refractivity contribution < 1.29 is 50.9 Å². The van der Waals surface area contributed by atoms with Gasteiger partial charge in [-0.15, -0.1) is 5.10 Å². The van der Waals surface area contributed by atoms with Crippen LogP contribution in [0.1, 0.15) is 67.4 Å². The van der Waals surface area contributed by atoms with Crippen LogP contribution in [0.25, 0.3) is 16.8 Å². The van der Waals surface area contributed by atoms with Crippen molar-refractivity contribution >= 4 is 56.9 Å². The standard InChI is InChI=1S/C40H43FN6O10S.C3H8/c1-24(55-35(49)40(5,6)44-37(50)57-39(2,3)4)56-38(51)47(31-19-18-30(58(8,52)53)22-32(31)54-7)36-43-33-20-13-27(23-46(33)45-36)26-11-16-29(17-12-26)42-34(48)21-25-9-14-28(41)15-10-25;1-3-2/h9-20,22-24H,21H2,1-8H3,(H,42,48)(H,44,50);3H2,1-2H3. The summed E-state index contributed by atoms with van der Waals surface area (Å²) in [6.07, 6.45) is 0.493. The van der Waals surface area contributed by atoms with Gasteiger partial charge in [0.25, 0.3) is 5.95 Å². The molecule has 0 saturated heterocycles. The van der Waals surface area contributed by atoms with Gasteiger partial charge in [-0.1, -0.05) is 44.5 Å². The number of anilines is 3. The van der Waals surface area contributed by atoms with Gasteiger partial charge in [0.2, 0.25) is 12.2 Å². The molecule has 0 fully saturated rings. The summed E-state index contributed by atoms with van der Waals surface area (Å²) in [6, 6.07) is 19.9. The monoisotopic (exact) mass is 862 g/mol. The third-order valence-corrected chi connectivity index (χ3v) is 9.28. The Morgan fingerprint density at radius 3 is 2.10 bits per heavy atom. The largest absolute Gasteiger partial charge is 0.495 e. The van der Waals surface area contributed by atoms with Gasteiger partial charge in [-0.2, -0.15) is 4.98 Å². The highest BCUT2D eigenvalue weighted by Gasteiger charge is 2.36. The maximum absolute atomic E-state index is 14.0. The van der Waals surface area contributed by atoms with Gasteiger partial charge < -0.3 is 29.6 Å². The van der Waals surface area contributed by atoms with E-state index in [9.17, 15) is 32.0 Å². The first-order valence-corrected chi connectivity index (χ1v) is 21.0. The Bertz CT molecular complexity index is 2470. The summed E-state index contributed by atoms with van der Waals surface area (Å²) < 4.78 is 61.0. The lowest BCUT2D eigenvalue weighted by Crippen LogP contribution is -2.52. The number of carbonyl (C=O) groups is 4. The van der Waals surface area contributed by atoms with Gasteiger partial charge in [0.05, 0.1) is 24.1 Å². The van der Waals surface area contributed by atoms with Crippen molar-refractivity contribution in [2.75, 3.05) is 23.6 Å². The molecule has 1 unspecified atom stereocenters. The summed E-state index contributed by atoms with van der Waals surface area (Å²) in [4.78, 5) is 57.3. The first-order valence-electron chi connectivity index (χ1n) is 19.2. The number of halogens is 1. The minimum Gasteiger partial charge on any atom is -0.495 e. The molecular formula is C43H51FN6O10S. The van der Waals surface area contributed by atoms with E-state index in [1.165, 1.54) is 69.1 Å². The molecule has 0 bridgehead atoms. The van der Waals surface area contributed by atoms with Crippen molar-refractivity contribution in [2.45, 2.75) is 90.6 Å². The van der Waals surface area contributed by atoms with E-state index >= 15 is 0 Å². The SMILES string of the molecule is CCC.COc1cc(S(C)(=O)=O)ccc1N(C(=O)OC(C)OC(=O)C(C)(C)NC(=O)OC(C)(C)C)c1nc2ccc(-c3ccc(NC(=O)Cc4ccc(F)cc4)cc3)cn2n1. The first kappa shape index (κ1) is 47.1. The smallest absolute Gasteiger partial charge is 0.424 e. The molecule has 61 heavy (non-hydrogen) atoms. The molecule has 18 heteroatoms. The van der Waals surface area contributed by atoms with Crippen LogP contribution in [-0.4, -0.2) is 77.9 Å². The van der Waals surface area contributed by atoms with E-state index in [1.54, 1.807) is 75.5 Å².